The van der Waals surface area contributed by atoms with Gasteiger partial charge in [0.15, 0.2) is 11.0 Å². The van der Waals surface area contributed by atoms with Gasteiger partial charge in [-0.15, -0.1) is 21.5 Å². The summed E-state index contributed by atoms with van der Waals surface area (Å²) >= 11 is 2.11. The highest BCUT2D eigenvalue weighted by Gasteiger charge is 2.29. The summed E-state index contributed by atoms with van der Waals surface area (Å²) < 4.78 is 17.1. The Labute approximate surface area is 239 Å². The average Bonchev–Trinajstić information content (AvgIpc) is 3.45. The van der Waals surface area contributed by atoms with Crippen LogP contribution in [0.15, 0.2) is 29.4 Å². The van der Waals surface area contributed by atoms with Crippen molar-refractivity contribution in [2.24, 2.45) is 7.05 Å². The minimum atomic E-state index is -0.651. The maximum atomic E-state index is 13.1. The number of hydrogen-bond donors (Lipinski definition) is 2. The molecule has 0 aliphatic rings. The standard InChI is InChI=1S/C26H31N5O7S2/c1-7-37-24(34)19-14(3)20(25(35)38-8-2)40-23(19)28-21(32)15(4)39-26-30-29-18(31(26)5)13-27-22(33)16-11-9-10-12-17(16)36-6/h9-12,15H,7-8,13H2,1-6H3,(H,27,33)(H,28,32). The van der Waals surface area contributed by atoms with Crippen LogP contribution in [0.5, 0.6) is 5.75 Å². The van der Waals surface area contributed by atoms with E-state index in [9.17, 15) is 19.2 Å². The van der Waals surface area contributed by atoms with Gasteiger partial charge in [0, 0.05) is 7.05 Å². The molecule has 2 aromatic heterocycles. The summed E-state index contributed by atoms with van der Waals surface area (Å²) in [7, 11) is 3.22. The molecular weight excluding hydrogens is 558 g/mol. The first-order chi connectivity index (χ1) is 19.1. The Morgan fingerprint density at radius 3 is 2.42 bits per heavy atom. The van der Waals surface area contributed by atoms with E-state index < -0.39 is 23.1 Å². The molecule has 0 saturated heterocycles. The summed E-state index contributed by atoms with van der Waals surface area (Å²) in [5.41, 5.74) is 0.891. The summed E-state index contributed by atoms with van der Waals surface area (Å²) in [6.45, 7) is 7.05. The second-order valence-corrected chi connectivity index (χ2v) is 10.6. The van der Waals surface area contributed by atoms with Gasteiger partial charge >= 0.3 is 11.9 Å². The number of hydrogen-bond acceptors (Lipinski definition) is 11. The van der Waals surface area contributed by atoms with Crippen molar-refractivity contribution in [2.75, 3.05) is 25.6 Å². The number of aromatic nitrogens is 3. The SMILES string of the molecule is CCOC(=O)c1sc(NC(=O)C(C)Sc2nnc(CNC(=O)c3ccccc3OC)n2C)c(C(=O)OCC)c1C. The molecule has 3 aromatic rings. The van der Waals surface area contributed by atoms with Crippen molar-refractivity contribution in [3.8, 4) is 5.75 Å². The number of thioether (sulfide) groups is 1. The number of amides is 2. The highest BCUT2D eigenvalue weighted by atomic mass is 32.2. The second kappa shape index (κ2) is 13.9. The molecule has 40 heavy (non-hydrogen) atoms. The number of benzene rings is 1. The zero-order chi connectivity index (χ0) is 29.4. The monoisotopic (exact) mass is 589 g/mol. The van der Waals surface area contributed by atoms with Gasteiger partial charge < -0.3 is 29.4 Å². The summed E-state index contributed by atoms with van der Waals surface area (Å²) in [5.74, 6) is -1.03. The molecule has 0 aliphatic heterocycles. The lowest BCUT2D eigenvalue weighted by molar-refractivity contribution is -0.115. The molecule has 1 atom stereocenters. The lowest BCUT2D eigenvalue weighted by Gasteiger charge is -2.12. The van der Waals surface area contributed by atoms with E-state index >= 15 is 0 Å². The molecule has 3 rings (SSSR count). The predicted molar refractivity (Wildman–Crippen MR) is 150 cm³/mol. The Morgan fingerprint density at radius 2 is 1.75 bits per heavy atom. The number of thiophene rings is 1. The fourth-order valence-electron chi connectivity index (χ4n) is 3.56. The quantitative estimate of drug-likeness (QED) is 0.237. The lowest BCUT2D eigenvalue weighted by Crippen LogP contribution is -2.25. The van der Waals surface area contributed by atoms with E-state index in [0.717, 1.165) is 23.1 Å². The first kappa shape index (κ1) is 30.6. The van der Waals surface area contributed by atoms with Crippen LogP contribution in [0.1, 0.15) is 62.5 Å². The van der Waals surface area contributed by atoms with Crippen LogP contribution in [0.4, 0.5) is 5.00 Å². The molecule has 0 fully saturated rings. The van der Waals surface area contributed by atoms with E-state index in [4.69, 9.17) is 14.2 Å². The normalized spacial score (nSPS) is 11.4. The predicted octanol–water partition coefficient (Wildman–Crippen LogP) is 3.60. The van der Waals surface area contributed by atoms with Crippen LogP contribution in [0.3, 0.4) is 0 Å². The average molecular weight is 590 g/mol. The van der Waals surface area contributed by atoms with Crippen LogP contribution in [0, 0.1) is 6.92 Å². The zero-order valence-corrected chi connectivity index (χ0v) is 24.7. The summed E-state index contributed by atoms with van der Waals surface area (Å²) in [6.07, 6.45) is 0. The van der Waals surface area contributed by atoms with Crippen LogP contribution < -0.4 is 15.4 Å². The van der Waals surface area contributed by atoms with Crippen LogP contribution >= 0.6 is 23.1 Å². The molecule has 0 bridgehead atoms. The van der Waals surface area contributed by atoms with E-state index in [1.807, 2.05) is 0 Å². The minimum Gasteiger partial charge on any atom is -0.496 e. The molecule has 14 heteroatoms. The molecule has 2 amide bonds. The van der Waals surface area contributed by atoms with Crippen molar-refractivity contribution in [1.82, 2.24) is 20.1 Å². The van der Waals surface area contributed by atoms with Gasteiger partial charge in [-0.25, -0.2) is 9.59 Å². The summed E-state index contributed by atoms with van der Waals surface area (Å²) in [5, 5.41) is 13.8. The van der Waals surface area contributed by atoms with Crippen molar-refractivity contribution in [3.05, 3.63) is 51.7 Å². The third kappa shape index (κ3) is 6.99. The molecule has 2 heterocycles. The molecule has 0 aliphatic carbocycles. The van der Waals surface area contributed by atoms with Gasteiger partial charge in [0.2, 0.25) is 5.91 Å². The summed E-state index contributed by atoms with van der Waals surface area (Å²) in [4.78, 5) is 50.9. The van der Waals surface area contributed by atoms with Crippen LogP contribution in [0.25, 0.3) is 0 Å². The topological polar surface area (TPSA) is 151 Å². The van der Waals surface area contributed by atoms with Crippen LogP contribution in [-0.2, 0) is 27.9 Å². The van der Waals surface area contributed by atoms with Crippen molar-refractivity contribution in [2.45, 2.75) is 44.6 Å². The number of para-hydroxylation sites is 1. The number of nitrogens with one attached hydrogen (secondary N) is 2. The van der Waals surface area contributed by atoms with E-state index in [-0.39, 0.29) is 41.1 Å². The highest BCUT2D eigenvalue weighted by Crippen LogP contribution is 2.35. The van der Waals surface area contributed by atoms with Crippen molar-refractivity contribution in [1.29, 1.82) is 0 Å². The number of nitrogens with zero attached hydrogens (tertiary/aromatic N) is 3. The molecule has 12 nitrogen and oxygen atoms in total. The fraction of sp³-hybridized carbons (Fsp3) is 0.385. The lowest BCUT2D eigenvalue weighted by atomic mass is 10.1. The number of anilines is 1. The largest absolute Gasteiger partial charge is 0.496 e. The third-order valence-electron chi connectivity index (χ3n) is 5.66. The van der Waals surface area contributed by atoms with E-state index in [1.54, 1.807) is 63.6 Å². The van der Waals surface area contributed by atoms with Gasteiger partial charge in [-0.3, -0.25) is 9.59 Å². The zero-order valence-electron chi connectivity index (χ0n) is 23.0. The van der Waals surface area contributed by atoms with Gasteiger partial charge in [0.05, 0.1) is 43.2 Å². The molecule has 1 unspecified atom stereocenters. The minimum absolute atomic E-state index is 0.107. The molecule has 2 N–H and O–H groups in total. The molecule has 0 saturated carbocycles. The van der Waals surface area contributed by atoms with E-state index in [1.165, 1.54) is 7.11 Å². The van der Waals surface area contributed by atoms with Gasteiger partial charge in [0.25, 0.3) is 5.91 Å². The van der Waals surface area contributed by atoms with Gasteiger partial charge in [-0.05, 0) is 45.4 Å². The maximum absolute atomic E-state index is 13.1. The van der Waals surface area contributed by atoms with E-state index in [0.29, 0.717) is 27.9 Å². The molecule has 214 valence electrons. The number of carbonyl (C=O) groups excluding carboxylic acids is 4. The molecule has 1 aromatic carbocycles. The van der Waals surface area contributed by atoms with Crippen LogP contribution in [0.2, 0.25) is 0 Å². The van der Waals surface area contributed by atoms with Crippen LogP contribution in [-0.4, -0.2) is 64.1 Å². The first-order valence-electron chi connectivity index (χ1n) is 12.4. The highest BCUT2D eigenvalue weighted by molar-refractivity contribution is 8.00. The Morgan fingerprint density at radius 1 is 1.07 bits per heavy atom. The number of rotatable bonds is 12. The molecule has 0 spiro atoms. The number of methoxy groups -OCH3 is 1. The smallest absolute Gasteiger partial charge is 0.348 e. The van der Waals surface area contributed by atoms with Crippen molar-refractivity contribution >= 4 is 51.9 Å². The van der Waals surface area contributed by atoms with Gasteiger partial charge in [0.1, 0.15) is 15.6 Å². The Kier molecular flexibility index (Phi) is 10.7. The molecular formula is C26H31N5O7S2. The summed E-state index contributed by atoms with van der Waals surface area (Å²) in [6, 6.07) is 6.87. The van der Waals surface area contributed by atoms with Gasteiger partial charge in [-0.1, -0.05) is 23.9 Å². The second-order valence-electron chi connectivity index (χ2n) is 8.29. The Bertz CT molecular complexity index is 1400. The number of carbonyl (C=O) groups is 4. The first-order valence-corrected chi connectivity index (χ1v) is 14.1. The fourth-order valence-corrected chi connectivity index (χ4v) is 5.48. The maximum Gasteiger partial charge on any atom is 0.348 e. The van der Waals surface area contributed by atoms with E-state index in [2.05, 4.69) is 20.8 Å². The van der Waals surface area contributed by atoms with Crippen molar-refractivity contribution in [3.63, 3.8) is 0 Å². The molecule has 0 radical (unpaired) electrons. The Hall–Kier alpha value is -3.91. The number of esters is 2. The number of ether oxygens (including phenoxy) is 3. The Balaban J connectivity index is 1.70. The van der Waals surface area contributed by atoms with Crippen molar-refractivity contribution < 1.29 is 33.4 Å². The third-order valence-corrected chi connectivity index (χ3v) is 7.98. The van der Waals surface area contributed by atoms with Gasteiger partial charge in [-0.2, -0.15) is 0 Å².